The van der Waals surface area contributed by atoms with Crippen LogP contribution in [-0.4, -0.2) is 5.66 Å². The minimum atomic E-state index is -2.16. The monoisotopic (exact) mass is 106 g/mol. The first-order valence-electron chi connectivity index (χ1n) is 1.78. The molecule has 2 nitrogen and oxygen atoms in total. The SMILES string of the molecule is CC(C)P([O-])[O-]. The van der Waals surface area contributed by atoms with Gasteiger partial charge in [0.15, 0.2) is 0 Å². The predicted octanol–water partition coefficient (Wildman–Crippen LogP) is -0.573. The van der Waals surface area contributed by atoms with Crippen LogP contribution in [0.15, 0.2) is 0 Å². The lowest BCUT2D eigenvalue weighted by Gasteiger charge is -2.35. The van der Waals surface area contributed by atoms with Crippen LogP contribution in [0.3, 0.4) is 0 Å². The third kappa shape index (κ3) is 2.58. The fourth-order valence-corrected chi connectivity index (χ4v) is 0. The summed E-state index contributed by atoms with van der Waals surface area (Å²) in [6.07, 6.45) is 0. The van der Waals surface area contributed by atoms with Gasteiger partial charge in [0.25, 0.3) is 0 Å². The number of hydrogen-bond acceptors (Lipinski definition) is 2. The van der Waals surface area contributed by atoms with E-state index in [-0.39, 0.29) is 5.66 Å². The van der Waals surface area contributed by atoms with Gasteiger partial charge in [-0.1, -0.05) is 19.5 Å². The molecule has 0 aromatic heterocycles. The van der Waals surface area contributed by atoms with Crippen molar-refractivity contribution >= 4 is 8.38 Å². The van der Waals surface area contributed by atoms with Gasteiger partial charge in [-0.05, 0) is 0 Å². The summed E-state index contributed by atoms with van der Waals surface area (Å²) in [7, 11) is -2.16. The molecule has 0 aromatic rings. The van der Waals surface area contributed by atoms with Gasteiger partial charge in [-0.15, -0.1) is 0 Å². The standard InChI is InChI=1S/C3H7O2P/c1-3(2)6(4)5/h3H,1-2H3/q-2. The van der Waals surface area contributed by atoms with E-state index in [0.29, 0.717) is 0 Å². The van der Waals surface area contributed by atoms with E-state index in [4.69, 9.17) is 0 Å². The zero-order valence-corrected chi connectivity index (χ0v) is 4.74. The lowest BCUT2D eigenvalue weighted by Crippen LogP contribution is -2.15. The smallest absolute Gasteiger partial charge is 0.0562 e. The van der Waals surface area contributed by atoms with E-state index < -0.39 is 8.38 Å². The Morgan fingerprint density at radius 1 is 1.33 bits per heavy atom. The molecule has 38 valence electrons. The first-order chi connectivity index (χ1) is 2.64. The van der Waals surface area contributed by atoms with Crippen molar-refractivity contribution in [3.8, 4) is 0 Å². The Kier molecular flexibility index (Phi) is 2.66. The first-order valence-corrected chi connectivity index (χ1v) is 3.02. The number of rotatable bonds is 1. The minimum Gasteiger partial charge on any atom is -0.841 e. The van der Waals surface area contributed by atoms with Crippen LogP contribution in [0.5, 0.6) is 0 Å². The van der Waals surface area contributed by atoms with E-state index in [1.807, 2.05) is 0 Å². The fraction of sp³-hybridized carbons (Fsp3) is 1.00. The molecule has 0 atom stereocenters. The normalized spacial score (nSPS) is 11.0. The quantitative estimate of drug-likeness (QED) is 0.420. The van der Waals surface area contributed by atoms with Gasteiger partial charge in [-0.3, -0.25) is 0 Å². The molecule has 0 saturated heterocycles. The van der Waals surface area contributed by atoms with Crippen LogP contribution in [0, 0.1) is 0 Å². The van der Waals surface area contributed by atoms with E-state index in [2.05, 4.69) is 0 Å². The van der Waals surface area contributed by atoms with E-state index >= 15 is 0 Å². The Bertz CT molecular complexity index is 29.8. The summed E-state index contributed by atoms with van der Waals surface area (Å²) in [4.78, 5) is 19.5. The predicted molar refractivity (Wildman–Crippen MR) is 22.1 cm³/mol. The summed E-state index contributed by atoms with van der Waals surface area (Å²) in [6.45, 7) is 3.29. The van der Waals surface area contributed by atoms with Crippen molar-refractivity contribution in [1.29, 1.82) is 0 Å². The molecule has 0 rings (SSSR count). The summed E-state index contributed by atoms with van der Waals surface area (Å²) in [5.74, 6) is 0. The maximum atomic E-state index is 9.74. The van der Waals surface area contributed by atoms with Gasteiger partial charge in [0, 0.05) is 0 Å². The molecule has 6 heavy (non-hydrogen) atoms. The lowest BCUT2D eigenvalue weighted by atomic mass is 10.6. The van der Waals surface area contributed by atoms with Gasteiger partial charge in [0.05, 0.1) is 0 Å². The van der Waals surface area contributed by atoms with Crippen LogP contribution in [0.1, 0.15) is 13.8 Å². The number of hydrogen-bond donors (Lipinski definition) is 0. The summed E-state index contributed by atoms with van der Waals surface area (Å²) in [5, 5.41) is 0. The molecule has 0 heterocycles. The largest absolute Gasteiger partial charge is 0.841 e. The van der Waals surface area contributed by atoms with E-state index in [0.717, 1.165) is 0 Å². The third-order valence-electron chi connectivity index (χ3n) is 0.422. The second-order valence-corrected chi connectivity index (χ2v) is 2.98. The molecule has 0 saturated carbocycles. The van der Waals surface area contributed by atoms with E-state index in [1.54, 1.807) is 13.8 Å². The summed E-state index contributed by atoms with van der Waals surface area (Å²) in [6, 6.07) is 0. The molecule has 0 spiro atoms. The maximum Gasteiger partial charge on any atom is -0.0562 e. The zero-order chi connectivity index (χ0) is 5.15. The van der Waals surface area contributed by atoms with Gasteiger partial charge < -0.3 is 18.2 Å². The van der Waals surface area contributed by atoms with Crippen LogP contribution >= 0.6 is 8.38 Å². The minimum absolute atomic E-state index is 0.194. The summed E-state index contributed by atoms with van der Waals surface area (Å²) in [5.41, 5.74) is -0.194. The van der Waals surface area contributed by atoms with Gasteiger partial charge in [0.2, 0.25) is 0 Å². The molecule has 0 aliphatic heterocycles. The van der Waals surface area contributed by atoms with Crippen molar-refractivity contribution in [3.63, 3.8) is 0 Å². The average molecular weight is 106 g/mol. The van der Waals surface area contributed by atoms with E-state index in [9.17, 15) is 9.79 Å². The molecule has 0 fully saturated rings. The van der Waals surface area contributed by atoms with Crippen molar-refractivity contribution < 1.29 is 9.79 Å². The Morgan fingerprint density at radius 3 is 1.50 bits per heavy atom. The molecule has 0 N–H and O–H groups in total. The van der Waals surface area contributed by atoms with Crippen molar-refractivity contribution in [1.82, 2.24) is 0 Å². The average Bonchev–Trinajstić information content (AvgIpc) is 1.36. The third-order valence-corrected chi connectivity index (χ3v) is 1.26. The molecule has 0 aliphatic carbocycles. The first kappa shape index (κ1) is 6.35. The van der Waals surface area contributed by atoms with Gasteiger partial charge in [-0.2, -0.15) is 0 Å². The Morgan fingerprint density at radius 2 is 1.50 bits per heavy atom. The van der Waals surface area contributed by atoms with Crippen molar-refractivity contribution in [2.24, 2.45) is 0 Å². The Balaban J connectivity index is 2.99. The van der Waals surface area contributed by atoms with Crippen LogP contribution in [0.2, 0.25) is 0 Å². The Labute approximate surface area is 38.7 Å². The van der Waals surface area contributed by atoms with Crippen LogP contribution in [-0.2, 0) is 0 Å². The Hall–Kier alpha value is 0.350. The summed E-state index contributed by atoms with van der Waals surface area (Å²) < 4.78 is 0. The molecule has 0 aromatic carbocycles. The fourth-order valence-electron chi connectivity index (χ4n) is 0. The second-order valence-electron chi connectivity index (χ2n) is 1.38. The van der Waals surface area contributed by atoms with Gasteiger partial charge in [-0.25, -0.2) is 0 Å². The highest BCUT2D eigenvalue weighted by atomic mass is 31.2. The van der Waals surface area contributed by atoms with Crippen LogP contribution < -0.4 is 9.79 Å². The van der Waals surface area contributed by atoms with Crippen molar-refractivity contribution in [2.45, 2.75) is 19.5 Å². The molecule has 0 aliphatic rings. The molecule has 0 radical (unpaired) electrons. The second kappa shape index (κ2) is 2.51. The van der Waals surface area contributed by atoms with E-state index in [1.165, 1.54) is 0 Å². The molecular weight excluding hydrogens is 99.0 g/mol. The zero-order valence-electron chi connectivity index (χ0n) is 3.84. The molecule has 0 unspecified atom stereocenters. The van der Waals surface area contributed by atoms with Crippen LogP contribution in [0.25, 0.3) is 0 Å². The van der Waals surface area contributed by atoms with Gasteiger partial charge in [0.1, 0.15) is 0 Å². The maximum absolute atomic E-state index is 9.74. The van der Waals surface area contributed by atoms with Crippen molar-refractivity contribution in [2.75, 3.05) is 0 Å². The molecule has 0 amide bonds. The van der Waals surface area contributed by atoms with Crippen LogP contribution in [0.4, 0.5) is 0 Å². The highest BCUT2D eigenvalue weighted by molar-refractivity contribution is 7.42. The summed E-state index contributed by atoms with van der Waals surface area (Å²) >= 11 is 0. The molecule has 0 bridgehead atoms. The molecular formula is C3H7O2P-2. The highest BCUT2D eigenvalue weighted by Crippen LogP contribution is 2.18. The topological polar surface area (TPSA) is 46.1 Å². The van der Waals surface area contributed by atoms with Gasteiger partial charge >= 0.3 is 0 Å². The molecule has 3 heteroatoms. The highest BCUT2D eigenvalue weighted by Gasteiger charge is 1.78. The van der Waals surface area contributed by atoms with Crippen molar-refractivity contribution in [3.05, 3.63) is 0 Å². The lowest BCUT2D eigenvalue weighted by molar-refractivity contribution is -0.294.